The summed E-state index contributed by atoms with van der Waals surface area (Å²) in [6.45, 7) is 8.04. The van der Waals surface area contributed by atoms with E-state index >= 15 is 0 Å². The second-order valence-corrected chi connectivity index (χ2v) is 7.22. The van der Waals surface area contributed by atoms with Gasteiger partial charge in [-0.15, -0.1) is 0 Å². The van der Waals surface area contributed by atoms with Gasteiger partial charge in [-0.25, -0.2) is 4.79 Å². The Balaban J connectivity index is 1.94. The maximum atomic E-state index is 12.4. The molecule has 1 aliphatic heterocycles. The first-order chi connectivity index (χ1) is 10.8. The lowest BCUT2D eigenvalue weighted by Crippen LogP contribution is -2.50. The lowest BCUT2D eigenvalue weighted by molar-refractivity contribution is 0.00583. The Bertz CT molecular complexity index is 501. The Morgan fingerprint density at radius 2 is 2.17 bits per heavy atom. The molecule has 23 heavy (non-hydrogen) atoms. The average Bonchev–Trinajstić information content (AvgIpc) is 2.47. The van der Waals surface area contributed by atoms with Gasteiger partial charge in [-0.3, -0.25) is 14.9 Å². The molecule has 1 fully saturated rings. The normalized spacial score (nSPS) is 19.0. The largest absolute Gasteiger partial charge is 0.444 e. The van der Waals surface area contributed by atoms with Crippen LogP contribution in [-0.4, -0.2) is 57.6 Å². The first-order valence-electron chi connectivity index (χ1n) is 8.28. The molecule has 0 unspecified atom stereocenters. The monoisotopic (exact) mass is 320 g/mol. The summed E-state index contributed by atoms with van der Waals surface area (Å²) in [5.41, 5.74) is 0.486. The van der Waals surface area contributed by atoms with Crippen molar-refractivity contribution in [3.8, 4) is 0 Å². The van der Waals surface area contributed by atoms with Crippen molar-refractivity contribution in [2.45, 2.75) is 58.2 Å². The molecule has 0 N–H and O–H groups in total. The van der Waals surface area contributed by atoms with E-state index in [0.717, 1.165) is 44.6 Å². The first-order valence-corrected chi connectivity index (χ1v) is 8.28. The lowest BCUT2D eigenvalue weighted by Gasteiger charge is -2.38. The van der Waals surface area contributed by atoms with Crippen LogP contribution in [0.1, 0.15) is 45.7 Å². The molecular formula is C17H28N4O2. The Labute approximate surface area is 138 Å². The second-order valence-electron chi connectivity index (χ2n) is 7.22. The zero-order chi connectivity index (χ0) is 16.9. The Morgan fingerprint density at radius 3 is 2.83 bits per heavy atom. The fourth-order valence-corrected chi connectivity index (χ4v) is 2.86. The third kappa shape index (κ3) is 5.78. The van der Waals surface area contributed by atoms with Crippen LogP contribution in [0.25, 0.3) is 0 Å². The molecule has 6 heteroatoms. The number of aromatic nitrogens is 2. The molecule has 1 amide bonds. The zero-order valence-electron chi connectivity index (χ0n) is 14.7. The van der Waals surface area contributed by atoms with Gasteiger partial charge >= 0.3 is 6.09 Å². The maximum absolute atomic E-state index is 12.4. The zero-order valence-corrected chi connectivity index (χ0v) is 14.7. The van der Waals surface area contributed by atoms with Crippen molar-refractivity contribution < 1.29 is 9.53 Å². The summed E-state index contributed by atoms with van der Waals surface area (Å²) in [5, 5.41) is 0. The maximum Gasteiger partial charge on any atom is 0.410 e. The molecule has 0 aromatic carbocycles. The minimum Gasteiger partial charge on any atom is -0.444 e. The summed E-state index contributed by atoms with van der Waals surface area (Å²) >= 11 is 0. The van der Waals surface area contributed by atoms with E-state index in [-0.39, 0.29) is 12.1 Å². The second kappa shape index (κ2) is 7.73. The van der Waals surface area contributed by atoms with Gasteiger partial charge in [0.1, 0.15) is 5.60 Å². The van der Waals surface area contributed by atoms with Crippen LogP contribution in [0.15, 0.2) is 18.6 Å². The fourth-order valence-electron chi connectivity index (χ4n) is 2.86. The molecule has 1 aromatic rings. The molecule has 0 radical (unpaired) electrons. The van der Waals surface area contributed by atoms with Crippen LogP contribution < -0.4 is 0 Å². The number of carbonyl (C=O) groups excluding carboxylic acids is 1. The minimum atomic E-state index is -0.454. The topological polar surface area (TPSA) is 58.6 Å². The quantitative estimate of drug-likeness (QED) is 0.853. The summed E-state index contributed by atoms with van der Waals surface area (Å²) in [4.78, 5) is 24.9. The molecule has 128 valence electrons. The molecule has 0 bridgehead atoms. The summed E-state index contributed by atoms with van der Waals surface area (Å²) < 4.78 is 5.55. The van der Waals surface area contributed by atoms with E-state index in [9.17, 15) is 4.79 Å². The number of likely N-dealkylation sites (N-methyl/N-ethyl adjacent to an activating group) is 1. The molecule has 0 aliphatic carbocycles. The summed E-state index contributed by atoms with van der Waals surface area (Å²) in [7, 11) is 2.05. The van der Waals surface area contributed by atoms with E-state index in [1.165, 1.54) is 0 Å². The molecular weight excluding hydrogens is 292 g/mol. The molecule has 1 aromatic heterocycles. The molecule has 1 atom stereocenters. The van der Waals surface area contributed by atoms with E-state index in [0.29, 0.717) is 0 Å². The highest BCUT2D eigenvalue weighted by molar-refractivity contribution is 5.68. The number of carbonyl (C=O) groups is 1. The van der Waals surface area contributed by atoms with Crippen LogP contribution in [-0.2, 0) is 11.3 Å². The third-order valence-corrected chi connectivity index (χ3v) is 3.83. The van der Waals surface area contributed by atoms with Crippen molar-refractivity contribution in [3.05, 3.63) is 24.3 Å². The van der Waals surface area contributed by atoms with Gasteiger partial charge in [0, 0.05) is 44.3 Å². The van der Waals surface area contributed by atoms with Crippen LogP contribution in [0.5, 0.6) is 0 Å². The van der Waals surface area contributed by atoms with E-state index in [1.54, 1.807) is 18.6 Å². The number of ether oxygens (including phenoxy) is 1. The fraction of sp³-hybridized carbons (Fsp3) is 0.706. The van der Waals surface area contributed by atoms with Gasteiger partial charge in [0.05, 0.1) is 5.69 Å². The Morgan fingerprint density at radius 1 is 1.39 bits per heavy atom. The average molecular weight is 320 g/mol. The van der Waals surface area contributed by atoms with Crippen LogP contribution >= 0.6 is 0 Å². The lowest BCUT2D eigenvalue weighted by atomic mass is 10.0. The number of amides is 1. The van der Waals surface area contributed by atoms with E-state index in [1.807, 2.05) is 25.7 Å². The molecule has 0 saturated carbocycles. The van der Waals surface area contributed by atoms with Crippen molar-refractivity contribution in [2.75, 3.05) is 20.1 Å². The molecule has 2 rings (SSSR count). The van der Waals surface area contributed by atoms with Crippen molar-refractivity contribution >= 4 is 6.09 Å². The first kappa shape index (κ1) is 17.7. The van der Waals surface area contributed by atoms with Gasteiger partial charge < -0.3 is 9.64 Å². The Kier molecular flexibility index (Phi) is 5.93. The van der Waals surface area contributed by atoms with Crippen LogP contribution in [0.4, 0.5) is 4.79 Å². The highest BCUT2D eigenvalue weighted by Crippen LogP contribution is 2.21. The highest BCUT2D eigenvalue weighted by atomic mass is 16.6. The highest BCUT2D eigenvalue weighted by Gasteiger charge is 2.31. The van der Waals surface area contributed by atoms with Crippen LogP contribution in [0, 0.1) is 0 Å². The SMILES string of the molecule is CN(Cc1cnccn1)C[C@H]1CCCCN1C(=O)OC(C)(C)C. The summed E-state index contributed by atoms with van der Waals surface area (Å²) in [6.07, 6.45) is 8.18. The predicted molar refractivity (Wildman–Crippen MR) is 88.9 cm³/mol. The Hall–Kier alpha value is -1.69. The molecule has 0 spiro atoms. The van der Waals surface area contributed by atoms with Gasteiger partial charge in [0.15, 0.2) is 0 Å². The number of piperidine rings is 1. The molecule has 1 aliphatic rings. The standard InChI is InChI=1S/C17H28N4O2/c1-17(2,3)23-16(22)21-10-6-5-7-15(21)13-20(4)12-14-11-18-8-9-19-14/h8-9,11,15H,5-7,10,12-13H2,1-4H3/t15-/m1/s1. The van der Waals surface area contributed by atoms with Gasteiger partial charge in [-0.2, -0.15) is 0 Å². The van der Waals surface area contributed by atoms with E-state index in [4.69, 9.17) is 4.74 Å². The van der Waals surface area contributed by atoms with Gasteiger partial charge in [0.2, 0.25) is 0 Å². The van der Waals surface area contributed by atoms with Crippen LogP contribution in [0.3, 0.4) is 0 Å². The van der Waals surface area contributed by atoms with Crippen molar-refractivity contribution in [2.24, 2.45) is 0 Å². The van der Waals surface area contributed by atoms with Crippen molar-refractivity contribution in [3.63, 3.8) is 0 Å². The summed E-state index contributed by atoms with van der Waals surface area (Å²) in [5.74, 6) is 0. The number of rotatable bonds is 4. The molecule has 6 nitrogen and oxygen atoms in total. The smallest absolute Gasteiger partial charge is 0.410 e. The third-order valence-electron chi connectivity index (χ3n) is 3.83. The molecule has 1 saturated heterocycles. The number of nitrogens with zero attached hydrogens (tertiary/aromatic N) is 4. The van der Waals surface area contributed by atoms with E-state index < -0.39 is 5.60 Å². The van der Waals surface area contributed by atoms with Crippen molar-refractivity contribution in [1.82, 2.24) is 19.8 Å². The van der Waals surface area contributed by atoms with E-state index in [2.05, 4.69) is 21.9 Å². The number of hydrogen-bond acceptors (Lipinski definition) is 5. The minimum absolute atomic E-state index is 0.195. The summed E-state index contributed by atoms with van der Waals surface area (Å²) in [6, 6.07) is 0.195. The van der Waals surface area contributed by atoms with Crippen molar-refractivity contribution in [1.29, 1.82) is 0 Å². The van der Waals surface area contributed by atoms with Gasteiger partial charge in [-0.1, -0.05) is 0 Å². The number of likely N-dealkylation sites (tertiary alicyclic amines) is 1. The van der Waals surface area contributed by atoms with Gasteiger partial charge in [0.25, 0.3) is 0 Å². The number of hydrogen-bond donors (Lipinski definition) is 0. The molecule has 2 heterocycles. The van der Waals surface area contributed by atoms with Crippen LogP contribution in [0.2, 0.25) is 0 Å². The predicted octanol–water partition coefficient (Wildman–Crippen LogP) is 2.70. The van der Waals surface area contributed by atoms with Gasteiger partial charge in [-0.05, 0) is 47.1 Å².